The van der Waals surface area contributed by atoms with Crippen LogP contribution in [0.15, 0.2) is 17.5 Å². The van der Waals surface area contributed by atoms with E-state index >= 15 is 0 Å². The molecule has 0 aliphatic heterocycles. The molecule has 2 atom stereocenters. The lowest BCUT2D eigenvalue weighted by atomic mass is 9.79. The van der Waals surface area contributed by atoms with Crippen molar-refractivity contribution in [2.75, 3.05) is 5.32 Å². The number of carboxylic acids is 1. The third-order valence-corrected chi connectivity index (χ3v) is 5.93. The maximum absolute atomic E-state index is 12.4. The van der Waals surface area contributed by atoms with Gasteiger partial charge in [-0.1, -0.05) is 12.8 Å². The smallest absolute Gasteiger partial charge is 0.307 e. The van der Waals surface area contributed by atoms with E-state index < -0.39 is 17.8 Å². The van der Waals surface area contributed by atoms with E-state index in [1.54, 1.807) is 11.3 Å². The first-order chi connectivity index (χ1) is 11.0. The molecule has 0 aromatic carbocycles. The molecule has 1 aliphatic rings. The zero-order chi connectivity index (χ0) is 16.4. The third kappa shape index (κ3) is 3.61. The first kappa shape index (κ1) is 16.1. The minimum absolute atomic E-state index is 0.222. The molecule has 3 rings (SSSR count). The third-order valence-electron chi connectivity index (χ3n) is 4.15. The summed E-state index contributed by atoms with van der Waals surface area (Å²) >= 11 is 3.03. The van der Waals surface area contributed by atoms with Gasteiger partial charge in [-0.05, 0) is 31.9 Å². The number of rotatable bonds is 4. The number of hydrogen-bond donors (Lipinski definition) is 2. The van der Waals surface area contributed by atoms with E-state index in [1.807, 2.05) is 24.4 Å². The normalized spacial score (nSPS) is 21.1. The van der Waals surface area contributed by atoms with Crippen LogP contribution in [0.1, 0.15) is 30.6 Å². The van der Waals surface area contributed by atoms with E-state index in [9.17, 15) is 14.7 Å². The van der Waals surface area contributed by atoms with Crippen LogP contribution in [0.25, 0.3) is 10.6 Å². The van der Waals surface area contributed by atoms with E-state index in [0.717, 1.165) is 23.4 Å². The van der Waals surface area contributed by atoms with Gasteiger partial charge in [0.15, 0.2) is 5.13 Å². The molecular formula is C16H18N2O3S2. The zero-order valence-electron chi connectivity index (χ0n) is 12.7. The summed E-state index contributed by atoms with van der Waals surface area (Å²) in [4.78, 5) is 30.5. The lowest BCUT2D eigenvalue weighted by molar-refractivity contribution is -0.147. The van der Waals surface area contributed by atoms with Crippen LogP contribution in [0, 0.1) is 18.8 Å². The van der Waals surface area contributed by atoms with Crippen LogP contribution >= 0.6 is 22.7 Å². The number of hydrogen-bond acceptors (Lipinski definition) is 5. The number of carbonyl (C=O) groups is 2. The summed E-state index contributed by atoms with van der Waals surface area (Å²) < 4.78 is 0. The van der Waals surface area contributed by atoms with Crippen molar-refractivity contribution in [3.63, 3.8) is 0 Å². The Kier molecular flexibility index (Phi) is 4.77. The van der Waals surface area contributed by atoms with Gasteiger partial charge < -0.3 is 10.4 Å². The standard InChI is InChI=1S/C16H18N2O3S2/c1-9-6-7-13(23-9)12-8-22-16(17-12)18-14(19)10-4-2-3-5-11(10)15(20)21/h6-8,10-11H,2-5H2,1H3,(H,20,21)(H,17,18,19)/t10-,11-/m0/s1. The zero-order valence-corrected chi connectivity index (χ0v) is 14.4. The van der Waals surface area contributed by atoms with E-state index in [0.29, 0.717) is 18.0 Å². The highest BCUT2D eigenvalue weighted by molar-refractivity contribution is 7.17. The summed E-state index contributed by atoms with van der Waals surface area (Å²) in [5, 5.41) is 14.5. The summed E-state index contributed by atoms with van der Waals surface area (Å²) in [5.74, 6) is -2.14. The van der Waals surface area contributed by atoms with Crippen molar-refractivity contribution in [1.29, 1.82) is 0 Å². The fourth-order valence-electron chi connectivity index (χ4n) is 2.95. The van der Waals surface area contributed by atoms with E-state index in [1.165, 1.54) is 16.2 Å². The fourth-order valence-corrected chi connectivity index (χ4v) is 4.57. The van der Waals surface area contributed by atoms with Crippen LogP contribution in [-0.4, -0.2) is 22.0 Å². The molecule has 2 aromatic rings. The number of anilines is 1. The number of aryl methyl sites for hydroxylation is 1. The van der Waals surface area contributed by atoms with E-state index in [4.69, 9.17) is 0 Å². The van der Waals surface area contributed by atoms with Gasteiger partial charge in [0.2, 0.25) is 5.91 Å². The predicted octanol–water partition coefficient (Wildman–Crippen LogP) is 4.01. The molecule has 2 N–H and O–H groups in total. The highest BCUT2D eigenvalue weighted by Crippen LogP contribution is 2.33. The first-order valence-corrected chi connectivity index (χ1v) is 9.30. The van der Waals surface area contributed by atoms with Gasteiger partial charge in [-0.2, -0.15) is 0 Å². The molecule has 1 amide bonds. The molecule has 2 aromatic heterocycles. The molecule has 0 bridgehead atoms. The number of carboxylic acid groups (broad SMARTS) is 1. The quantitative estimate of drug-likeness (QED) is 0.873. The lowest BCUT2D eigenvalue weighted by Gasteiger charge is -2.26. The summed E-state index contributed by atoms with van der Waals surface area (Å²) in [6.07, 6.45) is 2.98. The minimum Gasteiger partial charge on any atom is -0.481 e. The molecule has 1 fully saturated rings. The summed E-state index contributed by atoms with van der Waals surface area (Å²) in [6, 6.07) is 4.05. The Balaban J connectivity index is 1.70. The Morgan fingerprint density at radius 3 is 2.65 bits per heavy atom. The molecule has 1 saturated carbocycles. The number of thiophene rings is 1. The van der Waals surface area contributed by atoms with E-state index in [-0.39, 0.29) is 5.91 Å². The van der Waals surface area contributed by atoms with Crippen LogP contribution in [0.2, 0.25) is 0 Å². The molecule has 23 heavy (non-hydrogen) atoms. The Bertz CT molecular complexity index is 722. The second-order valence-electron chi connectivity index (χ2n) is 5.77. The van der Waals surface area contributed by atoms with Gasteiger partial charge in [-0.3, -0.25) is 9.59 Å². The molecular weight excluding hydrogens is 332 g/mol. The van der Waals surface area contributed by atoms with Crippen molar-refractivity contribution in [3.8, 4) is 10.6 Å². The average molecular weight is 350 g/mol. The Labute approximate surface area is 142 Å². The van der Waals surface area contributed by atoms with Crippen LogP contribution in [0.4, 0.5) is 5.13 Å². The van der Waals surface area contributed by atoms with Crippen LogP contribution in [0.5, 0.6) is 0 Å². The van der Waals surface area contributed by atoms with E-state index in [2.05, 4.69) is 10.3 Å². The van der Waals surface area contributed by atoms with Gasteiger partial charge in [0.05, 0.1) is 22.4 Å². The number of nitrogens with one attached hydrogen (secondary N) is 1. The largest absolute Gasteiger partial charge is 0.481 e. The fraction of sp³-hybridized carbons (Fsp3) is 0.438. The summed E-state index contributed by atoms with van der Waals surface area (Å²) in [6.45, 7) is 2.04. The molecule has 1 aliphatic carbocycles. The van der Waals surface area contributed by atoms with Gasteiger partial charge in [-0.15, -0.1) is 22.7 Å². The van der Waals surface area contributed by atoms with Crippen LogP contribution < -0.4 is 5.32 Å². The molecule has 0 spiro atoms. The molecule has 5 nitrogen and oxygen atoms in total. The monoisotopic (exact) mass is 350 g/mol. The van der Waals surface area contributed by atoms with Crippen molar-refractivity contribution < 1.29 is 14.7 Å². The molecule has 0 radical (unpaired) electrons. The van der Waals surface area contributed by atoms with Gasteiger partial charge in [0.1, 0.15) is 0 Å². The van der Waals surface area contributed by atoms with Gasteiger partial charge in [0.25, 0.3) is 0 Å². The van der Waals surface area contributed by atoms with Gasteiger partial charge >= 0.3 is 5.97 Å². The second-order valence-corrected chi connectivity index (χ2v) is 7.92. The number of nitrogens with zero attached hydrogens (tertiary/aromatic N) is 1. The number of thiazole rings is 1. The number of amides is 1. The predicted molar refractivity (Wildman–Crippen MR) is 91.9 cm³/mol. The number of carbonyl (C=O) groups excluding carboxylic acids is 1. The maximum atomic E-state index is 12.4. The van der Waals surface area contributed by atoms with Gasteiger partial charge in [0, 0.05) is 10.3 Å². The molecule has 2 heterocycles. The Hall–Kier alpha value is -1.73. The topological polar surface area (TPSA) is 79.3 Å². The van der Waals surface area contributed by atoms with Crippen LogP contribution in [-0.2, 0) is 9.59 Å². The Morgan fingerprint density at radius 2 is 2.00 bits per heavy atom. The van der Waals surface area contributed by atoms with Crippen molar-refractivity contribution in [1.82, 2.24) is 4.98 Å². The summed E-state index contributed by atoms with van der Waals surface area (Å²) in [5.41, 5.74) is 0.849. The Morgan fingerprint density at radius 1 is 1.26 bits per heavy atom. The van der Waals surface area contributed by atoms with Crippen molar-refractivity contribution >= 4 is 39.7 Å². The second kappa shape index (κ2) is 6.80. The molecule has 0 unspecified atom stereocenters. The average Bonchev–Trinajstić information content (AvgIpc) is 3.16. The highest BCUT2D eigenvalue weighted by Gasteiger charge is 2.35. The lowest BCUT2D eigenvalue weighted by Crippen LogP contribution is -2.36. The van der Waals surface area contributed by atoms with Crippen molar-refractivity contribution in [3.05, 3.63) is 22.4 Å². The SMILES string of the molecule is Cc1ccc(-c2csc(NC(=O)[C@H]3CCCC[C@@H]3C(=O)O)n2)s1. The summed E-state index contributed by atoms with van der Waals surface area (Å²) in [7, 11) is 0. The minimum atomic E-state index is -0.876. The number of aliphatic carboxylic acids is 1. The van der Waals surface area contributed by atoms with Gasteiger partial charge in [-0.25, -0.2) is 4.98 Å². The molecule has 122 valence electrons. The first-order valence-electron chi connectivity index (χ1n) is 7.60. The molecule has 0 saturated heterocycles. The molecule has 7 heteroatoms. The van der Waals surface area contributed by atoms with Crippen LogP contribution in [0.3, 0.4) is 0 Å². The van der Waals surface area contributed by atoms with Crippen molar-refractivity contribution in [2.45, 2.75) is 32.6 Å². The maximum Gasteiger partial charge on any atom is 0.307 e. The number of aromatic nitrogens is 1. The highest BCUT2D eigenvalue weighted by atomic mass is 32.1. The van der Waals surface area contributed by atoms with Crippen molar-refractivity contribution in [2.24, 2.45) is 11.8 Å².